The Labute approximate surface area is 137 Å². The lowest BCUT2D eigenvalue weighted by molar-refractivity contribution is 0.514. The average Bonchev–Trinajstić information content (AvgIpc) is 3.14. The van der Waals surface area contributed by atoms with Crippen LogP contribution in [0, 0.1) is 6.92 Å². The van der Waals surface area contributed by atoms with E-state index in [0.29, 0.717) is 6.04 Å². The number of aromatic nitrogens is 3. The van der Waals surface area contributed by atoms with Crippen LogP contribution in [0.4, 0.5) is 0 Å². The highest BCUT2D eigenvalue weighted by atomic mass is 15.3. The van der Waals surface area contributed by atoms with Crippen molar-refractivity contribution in [1.82, 2.24) is 20.1 Å². The molecular formula is C19H26N4. The zero-order valence-electron chi connectivity index (χ0n) is 14.3. The summed E-state index contributed by atoms with van der Waals surface area (Å²) in [7, 11) is 0. The van der Waals surface area contributed by atoms with Crippen LogP contribution in [0.1, 0.15) is 37.1 Å². The number of nitrogens with one attached hydrogen (secondary N) is 2. The van der Waals surface area contributed by atoms with E-state index in [1.165, 1.54) is 22.0 Å². The van der Waals surface area contributed by atoms with Gasteiger partial charge < -0.3 is 10.3 Å². The monoisotopic (exact) mass is 310 g/mol. The smallest absolute Gasteiger partial charge is 0.0638 e. The first-order valence-corrected chi connectivity index (χ1v) is 8.48. The largest absolute Gasteiger partial charge is 0.361 e. The van der Waals surface area contributed by atoms with Gasteiger partial charge in [-0.05, 0) is 45.2 Å². The Morgan fingerprint density at radius 2 is 2.09 bits per heavy atom. The molecule has 0 saturated heterocycles. The van der Waals surface area contributed by atoms with E-state index >= 15 is 0 Å². The maximum absolute atomic E-state index is 4.50. The van der Waals surface area contributed by atoms with Crippen LogP contribution in [0.15, 0.2) is 36.7 Å². The number of rotatable bonds is 7. The van der Waals surface area contributed by atoms with E-state index in [9.17, 15) is 0 Å². The number of nitrogens with zero attached hydrogens (tertiary/aromatic N) is 2. The van der Waals surface area contributed by atoms with Crippen molar-refractivity contribution in [3.63, 3.8) is 0 Å². The van der Waals surface area contributed by atoms with Crippen LogP contribution < -0.4 is 5.32 Å². The molecular weight excluding hydrogens is 284 g/mol. The third-order valence-corrected chi connectivity index (χ3v) is 4.53. The zero-order valence-corrected chi connectivity index (χ0v) is 14.3. The fourth-order valence-corrected chi connectivity index (χ4v) is 2.99. The number of para-hydroxylation sites is 1. The number of fused-ring (bicyclic) bond motifs is 1. The molecule has 0 radical (unpaired) electrons. The molecule has 0 bridgehead atoms. The van der Waals surface area contributed by atoms with Crippen LogP contribution in [0.5, 0.6) is 0 Å². The van der Waals surface area contributed by atoms with Crippen LogP contribution in [0.2, 0.25) is 0 Å². The van der Waals surface area contributed by atoms with Gasteiger partial charge in [0.25, 0.3) is 0 Å². The van der Waals surface area contributed by atoms with Gasteiger partial charge in [0.1, 0.15) is 0 Å². The lowest BCUT2D eigenvalue weighted by Gasteiger charge is -2.13. The topological polar surface area (TPSA) is 45.6 Å². The SMILES string of the molecule is CCn1cc(CNC(C)CCc2c[nH]c3ccccc23)c(C)n1. The average molecular weight is 310 g/mol. The van der Waals surface area contributed by atoms with Crippen LogP contribution >= 0.6 is 0 Å². The maximum Gasteiger partial charge on any atom is 0.0638 e. The molecule has 0 aliphatic rings. The van der Waals surface area contributed by atoms with Crippen molar-refractivity contribution in [3.05, 3.63) is 53.5 Å². The third kappa shape index (κ3) is 3.64. The third-order valence-electron chi connectivity index (χ3n) is 4.53. The first-order valence-electron chi connectivity index (χ1n) is 8.48. The summed E-state index contributed by atoms with van der Waals surface area (Å²) in [6.07, 6.45) is 6.51. The number of hydrogen-bond donors (Lipinski definition) is 2. The number of benzene rings is 1. The molecule has 0 amide bonds. The summed E-state index contributed by atoms with van der Waals surface area (Å²) in [5.74, 6) is 0. The number of aryl methyl sites for hydroxylation is 3. The van der Waals surface area contributed by atoms with Gasteiger partial charge in [-0.25, -0.2) is 0 Å². The number of H-pyrrole nitrogens is 1. The molecule has 122 valence electrons. The predicted molar refractivity (Wildman–Crippen MR) is 95.6 cm³/mol. The predicted octanol–water partition coefficient (Wildman–Crippen LogP) is 3.80. The van der Waals surface area contributed by atoms with Crippen molar-refractivity contribution in [2.75, 3.05) is 0 Å². The molecule has 0 fully saturated rings. The second kappa shape index (κ2) is 7.01. The normalized spacial score (nSPS) is 12.8. The van der Waals surface area contributed by atoms with Crippen molar-refractivity contribution in [2.45, 2.75) is 52.7 Å². The van der Waals surface area contributed by atoms with Gasteiger partial charge in [0.15, 0.2) is 0 Å². The molecule has 1 atom stereocenters. The number of aromatic amines is 1. The summed E-state index contributed by atoms with van der Waals surface area (Å²) in [5.41, 5.74) is 5.06. The molecule has 0 spiro atoms. The zero-order chi connectivity index (χ0) is 16.2. The van der Waals surface area contributed by atoms with Crippen molar-refractivity contribution < 1.29 is 0 Å². The molecule has 1 unspecified atom stereocenters. The molecule has 0 saturated carbocycles. The highest BCUT2D eigenvalue weighted by molar-refractivity contribution is 5.82. The molecule has 0 aliphatic carbocycles. The van der Waals surface area contributed by atoms with Crippen molar-refractivity contribution >= 4 is 10.9 Å². The molecule has 2 N–H and O–H groups in total. The summed E-state index contributed by atoms with van der Waals surface area (Å²) in [5, 5.41) is 9.47. The Morgan fingerprint density at radius 1 is 1.26 bits per heavy atom. The summed E-state index contributed by atoms with van der Waals surface area (Å²) in [6, 6.07) is 8.99. The minimum Gasteiger partial charge on any atom is -0.361 e. The van der Waals surface area contributed by atoms with Gasteiger partial charge in [-0.2, -0.15) is 5.10 Å². The van der Waals surface area contributed by atoms with Gasteiger partial charge in [0.05, 0.1) is 5.69 Å². The Balaban J connectivity index is 1.53. The summed E-state index contributed by atoms with van der Waals surface area (Å²) < 4.78 is 2.00. The van der Waals surface area contributed by atoms with E-state index in [0.717, 1.165) is 31.6 Å². The van der Waals surface area contributed by atoms with Gasteiger partial charge in [0.2, 0.25) is 0 Å². The van der Waals surface area contributed by atoms with Crippen molar-refractivity contribution in [1.29, 1.82) is 0 Å². The lowest BCUT2D eigenvalue weighted by Crippen LogP contribution is -2.26. The van der Waals surface area contributed by atoms with E-state index in [4.69, 9.17) is 0 Å². The molecule has 4 nitrogen and oxygen atoms in total. The van der Waals surface area contributed by atoms with Gasteiger partial charge in [-0.15, -0.1) is 0 Å². The minimum atomic E-state index is 0.480. The van der Waals surface area contributed by atoms with Gasteiger partial charge >= 0.3 is 0 Å². The lowest BCUT2D eigenvalue weighted by atomic mass is 10.1. The molecule has 1 aromatic carbocycles. The summed E-state index contributed by atoms with van der Waals surface area (Å²) in [6.45, 7) is 8.28. The van der Waals surface area contributed by atoms with E-state index in [2.05, 4.69) is 72.8 Å². The Bertz CT molecular complexity index is 769. The Hall–Kier alpha value is -2.07. The quantitative estimate of drug-likeness (QED) is 0.697. The Kier molecular flexibility index (Phi) is 4.82. The van der Waals surface area contributed by atoms with Gasteiger partial charge in [-0.3, -0.25) is 4.68 Å². The van der Waals surface area contributed by atoms with Gasteiger partial charge in [-0.1, -0.05) is 18.2 Å². The molecule has 3 aromatic rings. The fraction of sp³-hybridized carbons (Fsp3) is 0.421. The summed E-state index contributed by atoms with van der Waals surface area (Å²) in [4.78, 5) is 3.35. The highest BCUT2D eigenvalue weighted by Crippen LogP contribution is 2.19. The van der Waals surface area contributed by atoms with E-state index < -0.39 is 0 Å². The molecule has 0 aliphatic heterocycles. The van der Waals surface area contributed by atoms with E-state index in [-0.39, 0.29) is 0 Å². The second-order valence-corrected chi connectivity index (χ2v) is 6.28. The second-order valence-electron chi connectivity index (χ2n) is 6.28. The minimum absolute atomic E-state index is 0.480. The first-order chi connectivity index (χ1) is 11.2. The summed E-state index contributed by atoms with van der Waals surface area (Å²) >= 11 is 0. The van der Waals surface area contributed by atoms with Crippen LogP contribution in [0.25, 0.3) is 10.9 Å². The van der Waals surface area contributed by atoms with Crippen LogP contribution in [0.3, 0.4) is 0 Å². The number of hydrogen-bond acceptors (Lipinski definition) is 2. The van der Waals surface area contributed by atoms with Gasteiger partial charge in [0, 0.05) is 48.0 Å². The maximum atomic E-state index is 4.50. The first kappa shape index (κ1) is 15.8. The highest BCUT2D eigenvalue weighted by Gasteiger charge is 2.08. The molecule has 2 aromatic heterocycles. The van der Waals surface area contributed by atoms with Crippen molar-refractivity contribution in [2.24, 2.45) is 0 Å². The fourth-order valence-electron chi connectivity index (χ4n) is 2.99. The Morgan fingerprint density at radius 3 is 2.87 bits per heavy atom. The molecule has 23 heavy (non-hydrogen) atoms. The molecule has 2 heterocycles. The van der Waals surface area contributed by atoms with Crippen LogP contribution in [-0.2, 0) is 19.5 Å². The van der Waals surface area contributed by atoms with Crippen molar-refractivity contribution in [3.8, 4) is 0 Å². The van der Waals surface area contributed by atoms with Crippen LogP contribution in [-0.4, -0.2) is 20.8 Å². The standard InChI is InChI=1S/C19H26N4/c1-4-23-13-17(15(3)22-23)12-20-14(2)9-10-16-11-21-19-8-6-5-7-18(16)19/h5-8,11,13-14,20-21H,4,9-10,12H2,1-3H3. The van der Waals surface area contributed by atoms with E-state index in [1.54, 1.807) is 0 Å². The molecule has 3 rings (SSSR count). The molecule has 4 heteroatoms. The van der Waals surface area contributed by atoms with E-state index in [1.807, 2.05) is 4.68 Å².